The van der Waals surface area contributed by atoms with Crippen LogP contribution in [-0.2, 0) is 21.7 Å². The fourth-order valence-corrected chi connectivity index (χ4v) is 16.4. The number of hydrogen-bond acceptors (Lipinski definition) is 0. The third-order valence-corrected chi connectivity index (χ3v) is 19.9. The minimum atomic E-state index is -2.79. The van der Waals surface area contributed by atoms with Crippen molar-refractivity contribution in [1.29, 1.82) is 0 Å². The van der Waals surface area contributed by atoms with Crippen LogP contribution in [0.2, 0.25) is 0 Å². The third-order valence-electron chi connectivity index (χ3n) is 15.0. The van der Waals surface area contributed by atoms with E-state index in [0.717, 1.165) is 0 Å². The monoisotopic (exact) mass is 888 g/mol. The largest absolute Gasteiger partial charge is 0.309 e. The van der Waals surface area contributed by atoms with Crippen LogP contribution in [0.25, 0.3) is 66.1 Å². The summed E-state index contributed by atoms with van der Waals surface area (Å²) < 4.78 is 5.07. The Morgan fingerprint density at radius 1 is 0.299 bits per heavy atom. The van der Waals surface area contributed by atoms with E-state index in [4.69, 9.17) is 0 Å². The van der Waals surface area contributed by atoms with Gasteiger partial charge >= 0.3 is 0 Å². The fraction of sp³-hybridized carbons (Fsp3) is 0.250. The van der Waals surface area contributed by atoms with E-state index in [0.29, 0.717) is 0 Å². The molecule has 0 unspecified atom stereocenters. The molecule has 0 fully saturated rings. The van der Waals surface area contributed by atoms with Gasteiger partial charge in [0, 0.05) is 32.9 Å². The summed E-state index contributed by atoms with van der Waals surface area (Å²) in [6.45, 7) is 27.8. The lowest BCUT2D eigenvalue weighted by molar-refractivity contribution is 0.590. The first-order valence-corrected chi connectivity index (χ1v) is 26.3. The molecule has 1 aliphatic rings. The van der Waals surface area contributed by atoms with Gasteiger partial charge in [-0.15, -0.1) is 0 Å². The van der Waals surface area contributed by atoms with Gasteiger partial charge in [0.1, 0.15) is 0 Å². The molecule has 11 rings (SSSR count). The van der Waals surface area contributed by atoms with E-state index in [-0.39, 0.29) is 21.7 Å². The van der Waals surface area contributed by atoms with Crippen LogP contribution >= 0.6 is 0 Å². The highest BCUT2D eigenvalue weighted by molar-refractivity contribution is 7.22. The molecule has 3 heteroatoms. The van der Waals surface area contributed by atoms with Crippen molar-refractivity contribution in [2.24, 2.45) is 0 Å². The summed E-state index contributed by atoms with van der Waals surface area (Å²) >= 11 is 0. The lowest BCUT2D eigenvalue weighted by atomic mass is 9.85. The van der Waals surface area contributed by atoms with E-state index in [1.807, 2.05) is 0 Å². The Kier molecular flexibility index (Phi) is 9.53. The molecule has 0 radical (unpaired) electrons. The van der Waals surface area contributed by atoms with Crippen molar-refractivity contribution in [3.63, 3.8) is 0 Å². The zero-order valence-electron chi connectivity index (χ0n) is 41.6. The van der Waals surface area contributed by atoms with Crippen molar-refractivity contribution in [3.05, 3.63) is 192 Å². The molecule has 1 aliphatic heterocycles. The molecule has 10 aromatic rings. The summed E-state index contributed by atoms with van der Waals surface area (Å²) in [4.78, 5) is 0. The molecule has 0 saturated carbocycles. The molecule has 3 heterocycles. The smallest absolute Gasteiger partial charge is 0.180 e. The van der Waals surface area contributed by atoms with Crippen LogP contribution in [0.1, 0.15) is 105 Å². The van der Waals surface area contributed by atoms with E-state index >= 15 is 0 Å². The van der Waals surface area contributed by atoms with E-state index in [9.17, 15) is 0 Å². The summed E-state index contributed by atoms with van der Waals surface area (Å²) in [5.41, 5.74) is 15.5. The molecule has 67 heavy (non-hydrogen) atoms. The van der Waals surface area contributed by atoms with Crippen LogP contribution in [0.5, 0.6) is 0 Å². The highest BCUT2D eigenvalue weighted by Gasteiger charge is 2.49. The average molecular weight is 889 g/mol. The lowest BCUT2D eigenvalue weighted by Gasteiger charge is -2.31. The highest BCUT2D eigenvalue weighted by atomic mass is 28.3. The number of fused-ring (bicyclic) bond motifs is 9. The topological polar surface area (TPSA) is 9.86 Å². The van der Waals surface area contributed by atoms with Crippen LogP contribution in [-0.4, -0.2) is 17.2 Å². The fourth-order valence-electron chi connectivity index (χ4n) is 11.2. The van der Waals surface area contributed by atoms with Gasteiger partial charge in [0.05, 0.1) is 22.1 Å². The Morgan fingerprint density at radius 3 is 0.851 bits per heavy atom. The van der Waals surface area contributed by atoms with Gasteiger partial charge in [-0.25, -0.2) is 0 Å². The van der Waals surface area contributed by atoms with Gasteiger partial charge in [-0.1, -0.05) is 180 Å². The van der Waals surface area contributed by atoms with E-state index in [1.165, 1.54) is 109 Å². The van der Waals surface area contributed by atoms with Crippen LogP contribution in [0.3, 0.4) is 0 Å². The molecule has 8 aromatic carbocycles. The molecule has 2 aromatic heterocycles. The maximum absolute atomic E-state index is 2.79. The molecule has 0 amide bonds. The van der Waals surface area contributed by atoms with Crippen molar-refractivity contribution in [2.75, 3.05) is 0 Å². The molecule has 334 valence electrons. The summed E-state index contributed by atoms with van der Waals surface area (Å²) in [5.74, 6) is 0. The third kappa shape index (κ3) is 6.71. The Balaban J connectivity index is 1.22. The average Bonchev–Trinajstić information content (AvgIpc) is 3.91. The molecule has 0 bridgehead atoms. The second-order valence-corrected chi connectivity index (χ2v) is 27.3. The Morgan fingerprint density at radius 2 is 0.582 bits per heavy atom. The van der Waals surface area contributed by atoms with Gasteiger partial charge in [-0.05, 0) is 149 Å². The SMILES string of the molecule is CC(C)(C)c1ccc2c(c1)c1cc(C(C)(C)C)ccc1n2-c1ccc2c(c1)-c1cc(-n3c4ccc(C(C)(C)C)cc4c4cc(C(C)(C)C)ccc43)ccc1[Si]2(c1ccccc1)c1ccccc1. The molecule has 2 nitrogen and oxygen atoms in total. The van der Waals surface area contributed by atoms with Crippen molar-refractivity contribution < 1.29 is 0 Å². The summed E-state index contributed by atoms with van der Waals surface area (Å²) in [6, 6.07) is 66.4. The number of nitrogens with zero attached hydrogens (tertiary/aromatic N) is 2. The minimum absolute atomic E-state index is 0.0300. The number of aromatic nitrogens is 2. The Bertz CT molecular complexity index is 3210. The van der Waals surface area contributed by atoms with Crippen LogP contribution in [0, 0.1) is 0 Å². The van der Waals surface area contributed by atoms with E-state index in [1.54, 1.807) is 0 Å². The first-order valence-electron chi connectivity index (χ1n) is 24.3. The van der Waals surface area contributed by atoms with Gasteiger partial charge in [-0.3, -0.25) is 0 Å². The van der Waals surface area contributed by atoms with Gasteiger partial charge in [0.2, 0.25) is 0 Å². The number of hydrogen-bond donors (Lipinski definition) is 0. The van der Waals surface area contributed by atoms with Gasteiger partial charge < -0.3 is 9.13 Å². The van der Waals surface area contributed by atoms with Crippen LogP contribution in [0.4, 0.5) is 0 Å². The summed E-state index contributed by atoms with van der Waals surface area (Å²) in [7, 11) is -2.79. The van der Waals surface area contributed by atoms with Crippen LogP contribution < -0.4 is 20.7 Å². The van der Waals surface area contributed by atoms with Crippen molar-refractivity contribution in [3.8, 4) is 22.5 Å². The first kappa shape index (κ1) is 43.2. The maximum Gasteiger partial charge on any atom is 0.180 e. The lowest BCUT2D eigenvalue weighted by Crippen LogP contribution is -2.72. The predicted molar refractivity (Wildman–Crippen MR) is 293 cm³/mol. The second kappa shape index (κ2) is 14.8. The quantitative estimate of drug-likeness (QED) is 0.156. The van der Waals surface area contributed by atoms with Crippen LogP contribution in [0.15, 0.2) is 170 Å². The zero-order valence-corrected chi connectivity index (χ0v) is 42.6. The zero-order chi connectivity index (χ0) is 47.0. The summed E-state index contributed by atoms with van der Waals surface area (Å²) in [6.07, 6.45) is 0. The molecule has 0 saturated heterocycles. The number of rotatable bonds is 4. The standard InChI is InChI=1S/C64H64N2Si/c1-61(2,3)41-23-29-55-49(35-41)50-36-42(62(4,5)6)24-30-56(50)65(55)45-27-33-59-53(39-45)54-40-46(28-34-60(54)67(59,47-19-15-13-16-20-47)48-21-17-14-18-22-48)66-57-31-25-43(63(7,8)9)37-51(57)52-38-44(64(10,11)12)26-32-58(52)66/h13-40H,1-12H3. The second-order valence-electron chi connectivity index (χ2n) is 23.5. The molecule has 0 N–H and O–H groups in total. The molecular weight excluding hydrogens is 825 g/mol. The van der Waals surface area contributed by atoms with Gasteiger partial charge in [-0.2, -0.15) is 0 Å². The molecule has 0 spiro atoms. The van der Waals surface area contributed by atoms with Gasteiger partial charge in [0.15, 0.2) is 8.07 Å². The Hall–Kier alpha value is -6.42. The predicted octanol–water partition coefficient (Wildman–Crippen LogP) is 14.4. The normalized spacial score (nSPS) is 14.1. The molecular formula is C64H64N2Si. The number of benzene rings is 8. The van der Waals surface area contributed by atoms with Gasteiger partial charge in [0.25, 0.3) is 0 Å². The molecule has 0 atom stereocenters. The highest BCUT2D eigenvalue weighted by Crippen LogP contribution is 2.42. The maximum atomic E-state index is 2.53. The van der Waals surface area contributed by atoms with Crippen molar-refractivity contribution in [2.45, 2.75) is 105 Å². The Labute approximate surface area is 398 Å². The van der Waals surface area contributed by atoms with Crippen molar-refractivity contribution in [1.82, 2.24) is 9.13 Å². The first-order chi connectivity index (χ1) is 31.7. The van der Waals surface area contributed by atoms with E-state index in [2.05, 4.69) is 262 Å². The van der Waals surface area contributed by atoms with Crippen molar-refractivity contribution >= 4 is 72.4 Å². The minimum Gasteiger partial charge on any atom is -0.309 e. The van der Waals surface area contributed by atoms with E-state index < -0.39 is 8.07 Å². The summed E-state index contributed by atoms with van der Waals surface area (Å²) in [5, 5.41) is 10.9. The molecule has 0 aliphatic carbocycles.